The molecule has 1 aromatic heterocycles. The molecule has 2 heterocycles. The zero-order valence-corrected chi connectivity index (χ0v) is 22.2. The first-order valence-corrected chi connectivity index (χ1v) is 13.1. The van der Waals surface area contributed by atoms with Crippen LogP contribution in [0.5, 0.6) is 5.06 Å². The second-order valence-electron chi connectivity index (χ2n) is 8.52. The summed E-state index contributed by atoms with van der Waals surface area (Å²) in [5.41, 5.74) is 1.61. The number of thiophene rings is 1. The lowest BCUT2D eigenvalue weighted by atomic mass is 9.96. The highest BCUT2D eigenvalue weighted by molar-refractivity contribution is 9.11. The normalized spacial score (nSPS) is 18.7. The van der Waals surface area contributed by atoms with Crippen molar-refractivity contribution < 1.29 is 23.9 Å². The van der Waals surface area contributed by atoms with E-state index < -0.39 is 11.6 Å². The Bertz CT molecular complexity index is 1100. The van der Waals surface area contributed by atoms with Gasteiger partial charge in [0.15, 0.2) is 10.9 Å². The van der Waals surface area contributed by atoms with E-state index in [-0.39, 0.29) is 5.91 Å². The first-order valence-electron chi connectivity index (χ1n) is 11.5. The third-order valence-electron chi connectivity index (χ3n) is 6.16. The van der Waals surface area contributed by atoms with Gasteiger partial charge >= 0.3 is 6.09 Å². The predicted molar refractivity (Wildman–Crippen MR) is 139 cm³/mol. The van der Waals surface area contributed by atoms with Crippen LogP contribution in [0.3, 0.4) is 0 Å². The summed E-state index contributed by atoms with van der Waals surface area (Å²) in [7, 11) is 1.53. The lowest BCUT2D eigenvalue weighted by molar-refractivity contribution is -0.122. The number of nitrogens with one attached hydrogen (secondary N) is 2. The first-order chi connectivity index (χ1) is 16.9. The molecular formula is C24H29BrN4O5S. The van der Waals surface area contributed by atoms with Gasteiger partial charge in [-0.1, -0.05) is 29.3 Å². The fraction of sp³-hybridized carbons (Fsp3) is 0.458. The van der Waals surface area contributed by atoms with Crippen LogP contribution in [0.1, 0.15) is 37.7 Å². The Kier molecular flexibility index (Phi) is 8.30. The number of benzene rings is 1. The van der Waals surface area contributed by atoms with Crippen LogP contribution in [0.15, 0.2) is 39.3 Å². The Morgan fingerprint density at radius 1 is 1.20 bits per heavy atom. The molecule has 1 saturated carbocycles. The molecule has 4 rings (SSSR count). The fourth-order valence-corrected chi connectivity index (χ4v) is 5.68. The number of halogens is 1. The van der Waals surface area contributed by atoms with Gasteiger partial charge in [-0.25, -0.2) is 4.79 Å². The number of ether oxygens (including phenoxy) is 2. The summed E-state index contributed by atoms with van der Waals surface area (Å²) in [6, 6.07) is 9.26. The van der Waals surface area contributed by atoms with Crippen molar-refractivity contribution >= 4 is 56.5 Å². The number of oxime groups is 1. The van der Waals surface area contributed by atoms with Crippen LogP contribution >= 0.6 is 27.3 Å². The lowest BCUT2D eigenvalue weighted by Gasteiger charge is -2.29. The highest BCUT2D eigenvalue weighted by atomic mass is 79.9. The maximum absolute atomic E-state index is 13.4. The van der Waals surface area contributed by atoms with E-state index >= 15 is 0 Å². The van der Waals surface area contributed by atoms with Crippen molar-refractivity contribution in [2.75, 3.05) is 37.1 Å². The summed E-state index contributed by atoms with van der Waals surface area (Å²) in [5.74, 6) is 0.562. The van der Waals surface area contributed by atoms with Crippen molar-refractivity contribution in [3.63, 3.8) is 0 Å². The van der Waals surface area contributed by atoms with Gasteiger partial charge in [0.05, 0.1) is 17.0 Å². The maximum Gasteiger partial charge on any atom is 0.414 e. The fourth-order valence-electron chi connectivity index (χ4n) is 4.48. The molecule has 0 spiro atoms. The van der Waals surface area contributed by atoms with E-state index in [2.05, 4.69) is 36.6 Å². The van der Waals surface area contributed by atoms with Crippen molar-refractivity contribution in [3.05, 3.63) is 39.7 Å². The summed E-state index contributed by atoms with van der Waals surface area (Å²) in [5, 5.41) is 10.5. The van der Waals surface area contributed by atoms with Crippen LogP contribution in [0.2, 0.25) is 0 Å². The monoisotopic (exact) mass is 564 g/mol. The molecule has 2 amide bonds. The van der Waals surface area contributed by atoms with Gasteiger partial charge in [-0.05, 0) is 71.6 Å². The summed E-state index contributed by atoms with van der Waals surface area (Å²) >= 11 is 4.66. The number of nitrogens with zero attached hydrogens (tertiary/aromatic N) is 2. The number of rotatable bonds is 6. The van der Waals surface area contributed by atoms with Crippen molar-refractivity contribution in [2.24, 2.45) is 5.16 Å². The van der Waals surface area contributed by atoms with Gasteiger partial charge < -0.3 is 29.8 Å². The average molecular weight is 565 g/mol. The van der Waals surface area contributed by atoms with E-state index in [1.54, 1.807) is 12.1 Å². The minimum atomic E-state index is -1.00. The topological polar surface area (TPSA) is 101 Å². The minimum Gasteiger partial charge on any atom is -0.399 e. The number of amidine groups is 1. The molecule has 2 aliphatic rings. The third kappa shape index (κ3) is 6.14. The second kappa shape index (κ2) is 11.4. The van der Waals surface area contributed by atoms with Crippen LogP contribution in [0.25, 0.3) is 0 Å². The molecule has 0 unspecified atom stereocenters. The molecule has 1 aliphatic heterocycles. The van der Waals surface area contributed by atoms with Crippen LogP contribution in [-0.4, -0.2) is 50.2 Å². The van der Waals surface area contributed by atoms with Gasteiger partial charge in [-0.3, -0.25) is 4.79 Å². The minimum absolute atomic E-state index is 0.240. The molecule has 0 atom stereocenters. The predicted octanol–water partition coefficient (Wildman–Crippen LogP) is 5.05. The van der Waals surface area contributed by atoms with Gasteiger partial charge in [0.2, 0.25) is 5.91 Å². The Morgan fingerprint density at radius 3 is 2.69 bits per heavy atom. The summed E-state index contributed by atoms with van der Waals surface area (Å²) in [6.07, 6.45) is 2.85. The van der Waals surface area contributed by atoms with E-state index in [4.69, 9.17) is 14.3 Å². The molecule has 188 valence electrons. The first kappa shape index (κ1) is 25.5. The Labute approximate surface area is 216 Å². The van der Waals surface area contributed by atoms with Gasteiger partial charge in [0, 0.05) is 24.3 Å². The van der Waals surface area contributed by atoms with Gasteiger partial charge in [0.1, 0.15) is 12.6 Å². The van der Waals surface area contributed by atoms with Gasteiger partial charge in [-0.15, -0.1) is 0 Å². The van der Waals surface area contributed by atoms with Gasteiger partial charge in [-0.2, -0.15) is 0 Å². The number of aryl methyl sites for hydroxylation is 1. The number of anilines is 2. The summed E-state index contributed by atoms with van der Waals surface area (Å²) in [6.45, 7) is 3.83. The summed E-state index contributed by atoms with van der Waals surface area (Å²) in [4.78, 5) is 33.0. The third-order valence-corrected chi connectivity index (χ3v) is 7.66. The van der Waals surface area contributed by atoms with Crippen molar-refractivity contribution in [1.29, 1.82) is 0 Å². The number of hydrogen-bond donors (Lipinski definition) is 2. The molecule has 2 aromatic rings. The number of carbonyl (C=O) groups excluding carboxylic acids is 2. The van der Waals surface area contributed by atoms with E-state index in [9.17, 15) is 9.59 Å². The molecule has 11 heteroatoms. The highest BCUT2D eigenvalue weighted by Crippen LogP contribution is 2.33. The molecular weight excluding hydrogens is 536 g/mol. The average Bonchev–Trinajstić information content (AvgIpc) is 3.39. The maximum atomic E-state index is 13.4. The van der Waals surface area contributed by atoms with E-state index in [0.717, 1.165) is 33.7 Å². The van der Waals surface area contributed by atoms with E-state index in [1.807, 2.05) is 25.1 Å². The molecule has 2 N–H and O–H groups in total. The second-order valence-corrected chi connectivity index (χ2v) is 10.9. The molecule has 0 radical (unpaired) electrons. The molecule has 9 nitrogen and oxygen atoms in total. The molecule has 35 heavy (non-hydrogen) atoms. The zero-order valence-electron chi connectivity index (χ0n) is 19.8. The molecule has 0 bridgehead atoms. The Balaban J connectivity index is 1.47. The molecule has 2 fully saturated rings. The smallest absolute Gasteiger partial charge is 0.399 e. The van der Waals surface area contributed by atoms with Crippen LogP contribution in [-0.2, 0) is 14.4 Å². The Hall–Kier alpha value is -2.63. The number of carbonyl (C=O) groups is 2. The highest BCUT2D eigenvalue weighted by Gasteiger charge is 2.43. The van der Waals surface area contributed by atoms with Crippen molar-refractivity contribution in [3.8, 4) is 5.06 Å². The summed E-state index contributed by atoms with van der Waals surface area (Å²) < 4.78 is 11.8. The lowest BCUT2D eigenvalue weighted by Crippen LogP contribution is -2.55. The largest absolute Gasteiger partial charge is 0.414 e. The molecule has 1 saturated heterocycles. The quantitative estimate of drug-likeness (QED) is 0.476. The zero-order chi connectivity index (χ0) is 24.8. The van der Waals surface area contributed by atoms with Gasteiger partial charge in [0.25, 0.3) is 0 Å². The molecule has 1 aromatic carbocycles. The SMILES string of the molecule is CON=C1CCOCCN1c1ccc(NC(=O)C2(NC(=O)Oc3ccc(Br)s3)CCCC2)cc1C. The number of hydrogen-bond acceptors (Lipinski definition) is 7. The van der Waals surface area contributed by atoms with Crippen LogP contribution in [0, 0.1) is 6.92 Å². The molecule has 1 aliphatic carbocycles. The number of amides is 2. The van der Waals surface area contributed by atoms with Crippen molar-refractivity contribution in [1.82, 2.24) is 5.32 Å². The standard InChI is InChI=1S/C24H29BrN4O5S/c1-16-15-17(5-6-18(16)29-12-14-33-13-9-20(29)28-32-2)26-22(30)24(10-3-4-11-24)27-23(31)34-21-8-7-19(25)35-21/h5-8,15H,3-4,9-14H2,1-2H3,(H,26,30)(H,27,31). The van der Waals surface area contributed by atoms with Crippen molar-refractivity contribution in [2.45, 2.75) is 44.6 Å². The van der Waals surface area contributed by atoms with Crippen LogP contribution < -0.4 is 20.3 Å². The van der Waals surface area contributed by atoms with E-state index in [0.29, 0.717) is 49.8 Å². The van der Waals surface area contributed by atoms with E-state index in [1.165, 1.54) is 18.4 Å². The Morgan fingerprint density at radius 2 is 2.00 bits per heavy atom. The van der Waals surface area contributed by atoms with Crippen LogP contribution in [0.4, 0.5) is 16.2 Å².